The third-order valence-corrected chi connectivity index (χ3v) is 5.21. The summed E-state index contributed by atoms with van der Waals surface area (Å²) < 4.78 is 0. The van der Waals surface area contributed by atoms with Crippen LogP contribution in [0.15, 0.2) is 36.8 Å². The highest BCUT2D eigenvalue weighted by Crippen LogP contribution is 2.39. The molecule has 3 aromatic rings. The number of nitriles is 1. The van der Waals surface area contributed by atoms with Crippen LogP contribution in [0.5, 0.6) is 0 Å². The number of aliphatic hydroxyl groups excluding tert-OH is 1. The minimum Gasteiger partial charge on any atom is -0.398 e. The van der Waals surface area contributed by atoms with Gasteiger partial charge in [-0.1, -0.05) is 0 Å². The molecular formula is C21H19N5O2. The number of amides is 1. The minimum absolute atomic E-state index is 0.193. The number of benzene rings is 1. The van der Waals surface area contributed by atoms with Crippen LogP contribution < -0.4 is 11.1 Å². The number of fused-ring (bicyclic) bond motifs is 1. The molecule has 7 nitrogen and oxygen atoms in total. The smallest absolute Gasteiger partial charge is 0.230 e. The largest absolute Gasteiger partial charge is 0.398 e. The van der Waals surface area contributed by atoms with Gasteiger partial charge in [-0.2, -0.15) is 5.26 Å². The van der Waals surface area contributed by atoms with Gasteiger partial charge in [0.2, 0.25) is 5.91 Å². The minimum atomic E-state index is -0.266. The molecule has 2 heterocycles. The summed E-state index contributed by atoms with van der Waals surface area (Å²) in [6.45, 7) is 1.76. The van der Waals surface area contributed by atoms with Crippen LogP contribution in [0.1, 0.15) is 17.5 Å². The van der Waals surface area contributed by atoms with Crippen molar-refractivity contribution in [1.29, 1.82) is 5.26 Å². The van der Waals surface area contributed by atoms with Gasteiger partial charge in [0.05, 0.1) is 24.5 Å². The lowest BCUT2D eigenvalue weighted by Gasteiger charge is -2.16. The monoisotopic (exact) mass is 373 g/mol. The second-order valence-corrected chi connectivity index (χ2v) is 7.02. The molecule has 1 aliphatic rings. The molecule has 7 heteroatoms. The molecular weight excluding hydrogens is 354 g/mol. The summed E-state index contributed by atoms with van der Waals surface area (Å²) in [5, 5.41) is 23.1. The molecule has 4 rings (SSSR count). The van der Waals surface area contributed by atoms with E-state index in [1.807, 2.05) is 19.1 Å². The van der Waals surface area contributed by atoms with E-state index in [9.17, 15) is 9.90 Å². The Kier molecular flexibility index (Phi) is 4.41. The van der Waals surface area contributed by atoms with Gasteiger partial charge in [-0.05, 0) is 48.1 Å². The van der Waals surface area contributed by atoms with Crippen LogP contribution in [0.25, 0.3) is 21.9 Å². The number of anilines is 2. The number of nitrogens with zero attached hydrogens (tertiary/aromatic N) is 3. The molecule has 1 fully saturated rings. The molecule has 2 aromatic heterocycles. The zero-order valence-corrected chi connectivity index (χ0v) is 15.3. The average Bonchev–Trinajstić information content (AvgIpc) is 3.48. The maximum absolute atomic E-state index is 12.2. The van der Waals surface area contributed by atoms with Gasteiger partial charge in [-0.15, -0.1) is 0 Å². The number of nitrogens with one attached hydrogen (secondary N) is 1. The van der Waals surface area contributed by atoms with Gasteiger partial charge in [0.1, 0.15) is 5.82 Å². The van der Waals surface area contributed by atoms with Gasteiger partial charge in [0.25, 0.3) is 0 Å². The van der Waals surface area contributed by atoms with Crippen molar-refractivity contribution < 1.29 is 9.90 Å². The summed E-state index contributed by atoms with van der Waals surface area (Å²) in [4.78, 5) is 20.7. The average molecular weight is 373 g/mol. The predicted octanol–water partition coefficient (Wildman–Crippen LogP) is 2.78. The molecule has 2 atom stereocenters. The van der Waals surface area contributed by atoms with E-state index in [1.165, 1.54) is 0 Å². The molecule has 1 saturated carbocycles. The molecule has 28 heavy (non-hydrogen) atoms. The fourth-order valence-electron chi connectivity index (χ4n) is 3.44. The molecule has 0 saturated heterocycles. The van der Waals surface area contributed by atoms with E-state index in [0.29, 0.717) is 28.9 Å². The Labute approximate surface area is 161 Å². The highest BCUT2D eigenvalue weighted by molar-refractivity contribution is 6.01. The topological polar surface area (TPSA) is 125 Å². The quantitative estimate of drug-likeness (QED) is 0.604. The van der Waals surface area contributed by atoms with E-state index in [2.05, 4.69) is 21.4 Å². The molecule has 140 valence electrons. The van der Waals surface area contributed by atoms with Crippen molar-refractivity contribution >= 4 is 28.2 Å². The molecule has 1 aromatic carbocycles. The Morgan fingerprint density at radius 1 is 1.39 bits per heavy atom. The Hall–Kier alpha value is -3.50. The molecule has 0 radical (unpaired) electrons. The van der Waals surface area contributed by atoms with Crippen molar-refractivity contribution in [3.8, 4) is 17.2 Å². The molecule has 1 amide bonds. The number of hydrogen-bond acceptors (Lipinski definition) is 6. The Morgan fingerprint density at radius 3 is 2.89 bits per heavy atom. The van der Waals surface area contributed by atoms with Gasteiger partial charge < -0.3 is 16.2 Å². The maximum atomic E-state index is 12.2. The number of aliphatic hydroxyl groups is 1. The van der Waals surface area contributed by atoms with Crippen LogP contribution >= 0.6 is 0 Å². The number of nitrogen functional groups attached to an aromatic ring is 1. The van der Waals surface area contributed by atoms with Crippen LogP contribution in [0.4, 0.5) is 11.5 Å². The fourth-order valence-corrected chi connectivity index (χ4v) is 3.44. The number of nitrogens with two attached hydrogens (primary N) is 1. The van der Waals surface area contributed by atoms with E-state index in [-0.39, 0.29) is 24.3 Å². The van der Waals surface area contributed by atoms with E-state index in [4.69, 9.17) is 11.0 Å². The van der Waals surface area contributed by atoms with Gasteiger partial charge in [0, 0.05) is 40.8 Å². The first-order valence-electron chi connectivity index (χ1n) is 8.97. The highest BCUT2D eigenvalue weighted by atomic mass is 16.3. The second-order valence-electron chi connectivity index (χ2n) is 7.02. The number of carbonyl (C=O) groups is 1. The van der Waals surface area contributed by atoms with Crippen LogP contribution in [0, 0.1) is 30.1 Å². The molecule has 0 spiro atoms. The third-order valence-electron chi connectivity index (χ3n) is 5.21. The summed E-state index contributed by atoms with van der Waals surface area (Å²) in [5.74, 6) is -0.255. The lowest BCUT2D eigenvalue weighted by Crippen LogP contribution is -2.15. The zero-order chi connectivity index (χ0) is 19.8. The third kappa shape index (κ3) is 3.04. The summed E-state index contributed by atoms with van der Waals surface area (Å²) in [6, 6.07) is 7.69. The Balaban J connectivity index is 1.77. The van der Waals surface area contributed by atoms with E-state index < -0.39 is 0 Å². The zero-order valence-electron chi connectivity index (χ0n) is 15.3. The predicted molar refractivity (Wildman–Crippen MR) is 106 cm³/mol. The normalized spacial score (nSPS) is 17.9. The number of carbonyl (C=O) groups excluding carboxylic acids is 1. The van der Waals surface area contributed by atoms with Crippen molar-refractivity contribution in [2.24, 2.45) is 11.8 Å². The highest BCUT2D eigenvalue weighted by Gasteiger charge is 2.43. The van der Waals surface area contributed by atoms with E-state index >= 15 is 0 Å². The first-order chi connectivity index (χ1) is 13.5. The van der Waals surface area contributed by atoms with Crippen LogP contribution in [-0.4, -0.2) is 21.0 Å². The van der Waals surface area contributed by atoms with Crippen molar-refractivity contribution in [3.63, 3.8) is 0 Å². The van der Waals surface area contributed by atoms with Gasteiger partial charge in [0.15, 0.2) is 0 Å². The van der Waals surface area contributed by atoms with Gasteiger partial charge >= 0.3 is 0 Å². The molecule has 0 aliphatic heterocycles. The van der Waals surface area contributed by atoms with E-state index in [1.54, 1.807) is 24.7 Å². The maximum Gasteiger partial charge on any atom is 0.230 e. The number of rotatable bonds is 4. The van der Waals surface area contributed by atoms with Crippen molar-refractivity contribution in [2.45, 2.75) is 20.0 Å². The Bertz CT molecular complexity index is 1140. The first kappa shape index (κ1) is 17.9. The lowest BCUT2D eigenvalue weighted by molar-refractivity contribution is -0.117. The number of pyridine rings is 2. The summed E-state index contributed by atoms with van der Waals surface area (Å²) in [7, 11) is 0. The van der Waals surface area contributed by atoms with Crippen molar-refractivity contribution in [2.75, 3.05) is 11.1 Å². The standard InChI is InChI=1S/C21H19N5O2/c1-11-2-3-24-8-16(11)15-4-12-6-19(26-21(28)14-5-13(14)7-22)25-9-17(12)20(23)18(15)10-27/h2-4,6,8-9,13-14,27H,5,10,23H2,1H3,(H,25,26,28)/t13-,14+/m1/s1. The molecule has 1 aliphatic carbocycles. The summed E-state index contributed by atoms with van der Waals surface area (Å²) >= 11 is 0. The van der Waals surface area contributed by atoms with Crippen LogP contribution in [0.2, 0.25) is 0 Å². The molecule has 0 unspecified atom stereocenters. The lowest BCUT2D eigenvalue weighted by atomic mass is 9.93. The van der Waals surface area contributed by atoms with Gasteiger partial charge in [-0.3, -0.25) is 9.78 Å². The summed E-state index contributed by atoms with van der Waals surface area (Å²) in [6.07, 6.45) is 5.64. The number of aromatic nitrogens is 2. The van der Waals surface area contributed by atoms with Crippen molar-refractivity contribution in [3.05, 3.63) is 47.9 Å². The van der Waals surface area contributed by atoms with Crippen LogP contribution in [-0.2, 0) is 11.4 Å². The number of hydrogen-bond donors (Lipinski definition) is 3. The van der Waals surface area contributed by atoms with Crippen LogP contribution in [0.3, 0.4) is 0 Å². The fraction of sp³-hybridized carbons (Fsp3) is 0.238. The van der Waals surface area contributed by atoms with E-state index in [0.717, 1.165) is 22.1 Å². The van der Waals surface area contributed by atoms with Gasteiger partial charge in [-0.25, -0.2) is 4.98 Å². The molecule has 4 N–H and O–H groups in total. The van der Waals surface area contributed by atoms with Crippen molar-refractivity contribution in [1.82, 2.24) is 9.97 Å². The second kappa shape index (κ2) is 6.91. The Morgan fingerprint density at radius 2 is 2.21 bits per heavy atom. The summed E-state index contributed by atoms with van der Waals surface area (Å²) in [5.41, 5.74) is 10.1. The SMILES string of the molecule is Cc1ccncc1-c1cc2cc(NC(=O)[C@H]3C[C@@H]3C#N)ncc2c(N)c1CO. The number of aryl methyl sites for hydroxylation is 1. The first-order valence-corrected chi connectivity index (χ1v) is 8.97. The molecule has 0 bridgehead atoms.